The second-order valence-electron chi connectivity index (χ2n) is 6.57. The first kappa shape index (κ1) is 24.1. The number of anilines is 1. The minimum Gasteiger partial charge on any atom is -0.488 e. The van der Waals surface area contributed by atoms with E-state index in [9.17, 15) is 19.6 Å². The molecule has 2 rings (SSSR count). The molecule has 0 bridgehead atoms. The summed E-state index contributed by atoms with van der Waals surface area (Å²) in [6.07, 6.45) is 1.43. The molecule has 1 aromatic carbocycles. The summed E-state index contributed by atoms with van der Waals surface area (Å²) in [4.78, 5) is 34.3. The summed E-state index contributed by atoms with van der Waals surface area (Å²) < 4.78 is 17.7. The highest BCUT2D eigenvalue weighted by atomic mass is 16.5. The number of carbonyl (C=O) groups is 3. The predicted molar refractivity (Wildman–Crippen MR) is 115 cm³/mol. The number of nitrogen functional groups attached to an aromatic ring is 1. The van der Waals surface area contributed by atoms with Gasteiger partial charge in [-0.2, -0.15) is 5.26 Å². The van der Waals surface area contributed by atoms with Gasteiger partial charge in [-0.15, -0.1) is 0 Å². The second kappa shape index (κ2) is 11.3. The highest BCUT2D eigenvalue weighted by Crippen LogP contribution is 2.32. The van der Waals surface area contributed by atoms with Gasteiger partial charge in [0.1, 0.15) is 19.3 Å². The van der Waals surface area contributed by atoms with Gasteiger partial charge in [0.15, 0.2) is 17.2 Å². The van der Waals surface area contributed by atoms with Crippen LogP contribution < -0.4 is 25.8 Å². The SMILES string of the molecule is COC(=O)c1c(N)c(C#N)cn1-c1ccc(OCCNC(C)=O)c(OCCNC(C)=O)c1. The van der Waals surface area contributed by atoms with Gasteiger partial charge < -0.3 is 35.1 Å². The summed E-state index contributed by atoms with van der Waals surface area (Å²) in [6.45, 7) is 3.73. The van der Waals surface area contributed by atoms with Crippen LogP contribution in [0, 0.1) is 11.3 Å². The molecule has 0 atom stereocenters. The van der Waals surface area contributed by atoms with Crippen LogP contribution in [0.1, 0.15) is 29.9 Å². The van der Waals surface area contributed by atoms with Crippen LogP contribution in [0.4, 0.5) is 5.69 Å². The summed E-state index contributed by atoms with van der Waals surface area (Å²) in [7, 11) is 1.22. The van der Waals surface area contributed by atoms with Crippen molar-refractivity contribution in [2.45, 2.75) is 13.8 Å². The van der Waals surface area contributed by atoms with Crippen LogP contribution in [0.3, 0.4) is 0 Å². The van der Waals surface area contributed by atoms with E-state index in [1.54, 1.807) is 18.2 Å². The summed E-state index contributed by atoms with van der Waals surface area (Å²) in [6, 6.07) is 6.83. The fourth-order valence-electron chi connectivity index (χ4n) is 2.77. The number of nitriles is 1. The van der Waals surface area contributed by atoms with Crippen molar-refractivity contribution in [1.29, 1.82) is 5.26 Å². The van der Waals surface area contributed by atoms with E-state index in [-0.39, 0.29) is 48.5 Å². The number of esters is 1. The molecule has 2 amide bonds. The number of methoxy groups -OCH3 is 1. The molecule has 1 heterocycles. The molecule has 0 fully saturated rings. The van der Waals surface area contributed by atoms with E-state index in [2.05, 4.69) is 10.6 Å². The Kier molecular flexibility index (Phi) is 8.47. The molecule has 0 aliphatic heterocycles. The zero-order valence-corrected chi connectivity index (χ0v) is 18.1. The van der Waals surface area contributed by atoms with E-state index in [1.807, 2.05) is 6.07 Å². The molecule has 0 aliphatic rings. The zero-order valence-electron chi connectivity index (χ0n) is 18.1. The lowest BCUT2D eigenvalue weighted by molar-refractivity contribution is -0.119. The predicted octanol–water partition coefficient (Wildman–Crippen LogP) is 0.748. The summed E-state index contributed by atoms with van der Waals surface area (Å²) in [5, 5.41) is 14.6. The van der Waals surface area contributed by atoms with Crippen molar-refractivity contribution in [3.05, 3.63) is 35.7 Å². The minimum absolute atomic E-state index is 0.00288. The minimum atomic E-state index is -0.701. The fourth-order valence-corrected chi connectivity index (χ4v) is 2.77. The fraction of sp³-hybridized carbons (Fsp3) is 0.333. The summed E-state index contributed by atoms with van der Waals surface area (Å²) in [5.74, 6) is -0.347. The highest BCUT2D eigenvalue weighted by molar-refractivity contribution is 5.96. The molecule has 32 heavy (non-hydrogen) atoms. The van der Waals surface area contributed by atoms with Gasteiger partial charge in [0, 0.05) is 31.8 Å². The molecule has 0 saturated heterocycles. The molecule has 0 saturated carbocycles. The van der Waals surface area contributed by atoms with E-state index in [4.69, 9.17) is 19.9 Å². The Bertz CT molecular complexity index is 1040. The topological polar surface area (TPSA) is 158 Å². The average molecular weight is 443 g/mol. The zero-order chi connectivity index (χ0) is 23.7. The Morgan fingerprint density at radius 2 is 1.66 bits per heavy atom. The largest absolute Gasteiger partial charge is 0.488 e. The molecule has 2 aromatic rings. The third kappa shape index (κ3) is 6.15. The van der Waals surface area contributed by atoms with Gasteiger partial charge in [-0.1, -0.05) is 0 Å². The first-order valence-corrected chi connectivity index (χ1v) is 9.66. The van der Waals surface area contributed by atoms with E-state index in [0.717, 1.165) is 0 Å². The van der Waals surface area contributed by atoms with Gasteiger partial charge in [-0.25, -0.2) is 4.79 Å². The van der Waals surface area contributed by atoms with Crippen molar-refractivity contribution in [2.24, 2.45) is 0 Å². The van der Waals surface area contributed by atoms with E-state index >= 15 is 0 Å². The molecular weight excluding hydrogens is 418 g/mol. The number of hydrogen-bond acceptors (Lipinski definition) is 8. The maximum Gasteiger partial charge on any atom is 0.357 e. The smallest absolute Gasteiger partial charge is 0.357 e. The Hall–Kier alpha value is -4.20. The third-order valence-corrected chi connectivity index (χ3v) is 4.22. The Morgan fingerprint density at radius 1 is 1.06 bits per heavy atom. The number of nitrogens with one attached hydrogen (secondary N) is 2. The molecule has 4 N–H and O–H groups in total. The van der Waals surface area contributed by atoms with Crippen LogP contribution in [0.5, 0.6) is 11.5 Å². The summed E-state index contributed by atoms with van der Waals surface area (Å²) in [5.41, 5.74) is 6.56. The molecule has 0 unspecified atom stereocenters. The van der Waals surface area contributed by atoms with Crippen molar-refractivity contribution >= 4 is 23.5 Å². The van der Waals surface area contributed by atoms with Gasteiger partial charge in [0.05, 0.1) is 31.5 Å². The van der Waals surface area contributed by atoms with Crippen molar-refractivity contribution in [3.63, 3.8) is 0 Å². The van der Waals surface area contributed by atoms with Crippen molar-refractivity contribution in [1.82, 2.24) is 15.2 Å². The Balaban J connectivity index is 2.37. The second-order valence-corrected chi connectivity index (χ2v) is 6.57. The summed E-state index contributed by atoms with van der Waals surface area (Å²) >= 11 is 0. The highest BCUT2D eigenvalue weighted by Gasteiger charge is 2.22. The number of ether oxygens (including phenoxy) is 3. The van der Waals surface area contributed by atoms with Gasteiger partial charge in [-0.3, -0.25) is 9.59 Å². The first-order chi connectivity index (χ1) is 15.3. The van der Waals surface area contributed by atoms with E-state index < -0.39 is 5.97 Å². The van der Waals surface area contributed by atoms with Crippen molar-refractivity contribution < 1.29 is 28.6 Å². The van der Waals surface area contributed by atoms with Gasteiger partial charge >= 0.3 is 5.97 Å². The first-order valence-electron chi connectivity index (χ1n) is 9.66. The van der Waals surface area contributed by atoms with Crippen LogP contribution in [-0.4, -0.2) is 55.8 Å². The normalized spacial score (nSPS) is 10.1. The van der Waals surface area contributed by atoms with Crippen LogP contribution >= 0.6 is 0 Å². The molecule has 11 nitrogen and oxygen atoms in total. The molecular formula is C21H25N5O6. The number of amides is 2. The average Bonchev–Trinajstić information content (AvgIpc) is 3.10. The number of nitrogens with zero attached hydrogens (tertiary/aromatic N) is 2. The van der Waals surface area contributed by atoms with Gasteiger partial charge in [0.2, 0.25) is 11.8 Å². The molecule has 11 heteroatoms. The number of hydrogen-bond donors (Lipinski definition) is 3. The van der Waals surface area contributed by atoms with Crippen LogP contribution in [0.25, 0.3) is 5.69 Å². The Morgan fingerprint density at radius 3 is 2.19 bits per heavy atom. The monoisotopic (exact) mass is 443 g/mol. The molecule has 0 spiro atoms. The lowest BCUT2D eigenvalue weighted by Crippen LogP contribution is -2.26. The number of rotatable bonds is 10. The maximum absolute atomic E-state index is 12.3. The molecule has 0 aliphatic carbocycles. The lowest BCUT2D eigenvalue weighted by Gasteiger charge is -2.16. The maximum atomic E-state index is 12.3. The molecule has 1 aromatic heterocycles. The molecule has 170 valence electrons. The van der Waals surface area contributed by atoms with E-state index in [0.29, 0.717) is 23.7 Å². The standard InChI is InChI=1S/C21H25N5O6/c1-13(27)24-6-8-31-17-5-4-16(10-18(17)32-9-7-25-14(2)28)26-12-15(11-22)19(23)20(26)21(29)30-3/h4-5,10,12H,6-9,23H2,1-3H3,(H,24,27)(H,25,28). The van der Waals surface area contributed by atoms with Crippen molar-refractivity contribution in [2.75, 3.05) is 39.1 Å². The van der Waals surface area contributed by atoms with Crippen LogP contribution in [0.15, 0.2) is 24.4 Å². The van der Waals surface area contributed by atoms with Crippen LogP contribution in [-0.2, 0) is 14.3 Å². The van der Waals surface area contributed by atoms with E-state index in [1.165, 1.54) is 31.7 Å². The Labute approximate surface area is 185 Å². The van der Waals surface area contributed by atoms with Crippen LogP contribution in [0.2, 0.25) is 0 Å². The number of nitrogens with two attached hydrogens (primary N) is 1. The number of carbonyl (C=O) groups excluding carboxylic acids is 3. The molecule has 0 radical (unpaired) electrons. The quantitative estimate of drug-likeness (QED) is 0.358. The number of aromatic nitrogens is 1. The van der Waals surface area contributed by atoms with Gasteiger partial charge in [-0.05, 0) is 12.1 Å². The number of benzene rings is 1. The van der Waals surface area contributed by atoms with Gasteiger partial charge in [0.25, 0.3) is 0 Å². The lowest BCUT2D eigenvalue weighted by atomic mass is 10.2. The third-order valence-electron chi connectivity index (χ3n) is 4.22. The van der Waals surface area contributed by atoms with Crippen molar-refractivity contribution in [3.8, 4) is 23.3 Å².